The Hall–Kier alpha value is -1.39. The molecule has 0 bridgehead atoms. The van der Waals surface area contributed by atoms with Gasteiger partial charge in [-0.2, -0.15) is 0 Å². The van der Waals surface area contributed by atoms with Crippen LogP contribution < -0.4 is 10.6 Å². The van der Waals surface area contributed by atoms with Crippen LogP contribution in [0.2, 0.25) is 0 Å². The SMILES string of the molecule is CO[C@@H]1CCCC[C@@H]1N[C@@H](C)CC(=O)Nc1ccccc1C. The summed E-state index contributed by atoms with van der Waals surface area (Å²) in [7, 11) is 1.78. The maximum atomic E-state index is 12.2. The van der Waals surface area contributed by atoms with Crippen molar-refractivity contribution in [2.24, 2.45) is 0 Å². The Morgan fingerprint density at radius 1 is 1.32 bits per heavy atom. The minimum absolute atomic E-state index is 0.0547. The third kappa shape index (κ3) is 4.82. The van der Waals surface area contributed by atoms with E-state index in [4.69, 9.17) is 4.74 Å². The van der Waals surface area contributed by atoms with Gasteiger partial charge in [-0.15, -0.1) is 0 Å². The summed E-state index contributed by atoms with van der Waals surface area (Å²) in [4.78, 5) is 12.2. The second-order valence-corrected chi connectivity index (χ2v) is 6.30. The van der Waals surface area contributed by atoms with Gasteiger partial charge in [0.25, 0.3) is 0 Å². The normalized spacial score (nSPS) is 23.0. The fourth-order valence-corrected chi connectivity index (χ4v) is 3.19. The lowest BCUT2D eigenvalue weighted by Crippen LogP contribution is -2.47. The highest BCUT2D eigenvalue weighted by Crippen LogP contribution is 2.21. The molecule has 4 heteroatoms. The molecule has 3 atom stereocenters. The van der Waals surface area contributed by atoms with Gasteiger partial charge in [0.2, 0.25) is 5.91 Å². The molecule has 22 heavy (non-hydrogen) atoms. The molecular formula is C18H28N2O2. The van der Waals surface area contributed by atoms with Crippen LogP contribution in [0.4, 0.5) is 5.69 Å². The van der Waals surface area contributed by atoms with Crippen molar-refractivity contribution in [2.75, 3.05) is 12.4 Å². The number of nitrogens with one attached hydrogen (secondary N) is 2. The fraction of sp³-hybridized carbons (Fsp3) is 0.611. The first-order chi connectivity index (χ1) is 10.6. The van der Waals surface area contributed by atoms with Crippen molar-refractivity contribution in [1.82, 2.24) is 5.32 Å². The Balaban J connectivity index is 1.82. The average molecular weight is 304 g/mol. The van der Waals surface area contributed by atoms with Gasteiger partial charge in [-0.1, -0.05) is 31.0 Å². The van der Waals surface area contributed by atoms with Crippen LogP contribution in [-0.4, -0.2) is 31.2 Å². The number of anilines is 1. The third-order valence-electron chi connectivity index (χ3n) is 4.41. The molecule has 0 aliphatic heterocycles. The molecule has 1 aromatic rings. The predicted octanol–water partition coefficient (Wildman–Crippen LogP) is 3.26. The van der Waals surface area contributed by atoms with E-state index in [1.807, 2.05) is 31.2 Å². The van der Waals surface area contributed by atoms with Crippen molar-refractivity contribution >= 4 is 11.6 Å². The Labute approximate surface area is 133 Å². The Morgan fingerprint density at radius 2 is 2.05 bits per heavy atom. The van der Waals surface area contributed by atoms with Crippen LogP contribution in [-0.2, 0) is 9.53 Å². The van der Waals surface area contributed by atoms with Crippen molar-refractivity contribution < 1.29 is 9.53 Å². The highest BCUT2D eigenvalue weighted by atomic mass is 16.5. The molecule has 1 amide bonds. The number of carbonyl (C=O) groups is 1. The van der Waals surface area contributed by atoms with Gasteiger partial charge in [0.05, 0.1) is 6.10 Å². The third-order valence-corrected chi connectivity index (χ3v) is 4.41. The molecule has 2 rings (SSSR count). The summed E-state index contributed by atoms with van der Waals surface area (Å²) in [6.45, 7) is 4.07. The molecule has 4 nitrogen and oxygen atoms in total. The highest BCUT2D eigenvalue weighted by Gasteiger charge is 2.26. The molecule has 1 aliphatic rings. The summed E-state index contributed by atoms with van der Waals surface area (Å²) in [5.74, 6) is 0.0547. The topological polar surface area (TPSA) is 50.4 Å². The lowest BCUT2D eigenvalue weighted by Gasteiger charge is -2.33. The van der Waals surface area contributed by atoms with Crippen LogP contribution >= 0.6 is 0 Å². The van der Waals surface area contributed by atoms with E-state index in [0.29, 0.717) is 12.5 Å². The van der Waals surface area contributed by atoms with Crippen molar-refractivity contribution in [3.63, 3.8) is 0 Å². The molecule has 0 unspecified atom stereocenters. The Kier molecular flexibility index (Phi) is 6.40. The molecule has 1 fully saturated rings. The van der Waals surface area contributed by atoms with Crippen molar-refractivity contribution in [1.29, 1.82) is 0 Å². The van der Waals surface area contributed by atoms with Gasteiger partial charge in [0, 0.05) is 31.3 Å². The van der Waals surface area contributed by atoms with Gasteiger partial charge >= 0.3 is 0 Å². The number of methoxy groups -OCH3 is 1. The monoisotopic (exact) mass is 304 g/mol. The quantitative estimate of drug-likeness (QED) is 0.848. The van der Waals surface area contributed by atoms with Crippen LogP contribution in [0.25, 0.3) is 0 Å². The minimum atomic E-state index is 0.0547. The smallest absolute Gasteiger partial charge is 0.225 e. The lowest BCUT2D eigenvalue weighted by molar-refractivity contribution is -0.116. The number of para-hydroxylation sites is 1. The highest BCUT2D eigenvalue weighted by molar-refractivity contribution is 5.91. The molecule has 1 aliphatic carbocycles. The molecule has 0 aromatic heterocycles. The zero-order valence-corrected chi connectivity index (χ0v) is 13.9. The second-order valence-electron chi connectivity index (χ2n) is 6.30. The Bertz CT molecular complexity index is 490. The van der Waals surface area contributed by atoms with Crippen molar-refractivity contribution in [3.8, 4) is 0 Å². The van der Waals surface area contributed by atoms with Crippen LogP contribution in [0, 0.1) is 6.92 Å². The van der Waals surface area contributed by atoms with E-state index in [1.165, 1.54) is 12.8 Å². The van der Waals surface area contributed by atoms with E-state index < -0.39 is 0 Å². The second kappa shape index (κ2) is 8.30. The maximum Gasteiger partial charge on any atom is 0.225 e. The maximum absolute atomic E-state index is 12.2. The standard InChI is InChI=1S/C18H28N2O2/c1-13-8-4-5-9-15(13)20-18(21)12-14(2)19-16-10-6-7-11-17(16)22-3/h4-5,8-9,14,16-17,19H,6-7,10-12H2,1-3H3,(H,20,21)/t14-,16-,17+/m0/s1. The van der Waals surface area contributed by atoms with E-state index in [9.17, 15) is 4.79 Å². The Morgan fingerprint density at radius 3 is 2.77 bits per heavy atom. The molecule has 1 aromatic carbocycles. The number of ether oxygens (including phenoxy) is 1. The molecule has 0 spiro atoms. The van der Waals surface area contributed by atoms with Crippen LogP contribution in [0.15, 0.2) is 24.3 Å². The van der Waals surface area contributed by atoms with Gasteiger partial charge in [-0.25, -0.2) is 0 Å². The van der Waals surface area contributed by atoms with Gasteiger partial charge in [0.15, 0.2) is 0 Å². The first kappa shape index (κ1) is 17.0. The largest absolute Gasteiger partial charge is 0.380 e. The number of amides is 1. The van der Waals surface area contributed by atoms with Crippen molar-refractivity contribution in [3.05, 3.63) is 29.8 Å². The number of rotatable bonds is 6. The summed E-state index contributed by atoms with van der Waals surface area (Å²) in [5.41, 5.74) is 1.98. The number of benzene rings is 1. The van der Waals surface area contributed by atoms with E-state index >= 15 is 0 Å². The molecule has 0 heterocycles. The van der Waals surface area contributed by atoms with Gasteiger partial charge in [-0.05, 0) is 38.3 Å². The van der Waals surface area contributed by atoms with Gasteiger partial charge < -0.3 is 15.4 Å². The van der Waals surface area contributed by atoms with Gasteiger partial charge in [0.1, 0.15) is 0 Å². The van der Waals surface area contributed by atoms with Crippen molar-refractivity contribution in [2.45, 2.75) is 64.1 Å². The predicted molar refractivity (Wildman–Crippen MR) is 90.1 cm³/mol. The fourth-order valence-electron chi connectivity index (χ4n) is 3.19. The summed E-state index contributed by atoms with van der Waals surface area (Å²) in [6.07, 6.45) is 5.45. The van der Waals surface area contributed by atoms with E-state index in [-0.39, 0.29) is 18.1 Å². The summed E-state index contributed by atoms with van der Waals surface area (Å²) in [5, 5.41) is 6.56. The number of carbonyl (C=O) groups excluding carboxylic acids is 1. The molecule has 2 N–H and O–H groups in total. The number of aryl methyl sites for hydroxylation is 1. The minimum Gasteiger partial charge on any atom is -0.380 e. The molecular weight excluding hydrogens is 276 g/mol. The van der Waals surface area contributed by atoms with Crippen LogP contribution in [0.1, 0.15) is 44.6 Å². The average Bonchev–Trinajstić information content (AvgIpc) is 2.50. The molecule has 0 saturated heterocycles. The lowest BCUT2D eigenvalue weighted by atomic mass is 9.91. The van der Waals surface area contributed by atoms with Crippen LogP contribution in [0.5, 0.6) is 0 Å². The summed E-state index contributed by atoms with van der Waals surface area (Å²) >= 11 is 0. The summed E-state index contributed by atoms with van der Waals surface area (Å²) < 4.78 is 5.56. The first-order valence-electron chi connectivity index (χ1n) is 8.24. The van der Waals surface area contributed by atoms with Gasteiger partial charge in [-0.3, -0.25) is 4.79 Å². The number of hydrogen-bond acceptors (Lipinski definition) is 3. The van der Waals surface area contributed by atoms with E-state index in [2.05, 4.69) is 17.6 Å². The molecule has 0 radical (unpaired) electrons. The van der Waals surface area contributed by atoms with Crippen LogP contribution in [0.3, 0.4) is 0 Å². The zero-order chi connectivity index (χ0) is 15.9. The molecule has 1 saturated carbocycles. The summed E-state index contributed by atoms with van der Waals surface area (Å²) in [6, 6.07) is 8.36. The number of hydrogen-bond donors (Lipinski definition) is 2. The molecule has 122 valence electrons. The zero-order valence-electron chi connectivity index (χ0n) is 13.9. The van der Waals surface area contributed by atoms with E-state index in [1.54, 1.807) is 7.11 Å². The van der Waals surface area contributed by atoms with E-state index in [0.717, 1.165) is 24.1 Å². The first-order valence-corrected chi connectivity index (χ1v) is 8.24.